The van der Waals surface area contributed by atoms with Crippen LogP contribution in [0.4, 0.5) is 0 Å². The van der Waals surface area contributed by atoms with Crippen LogP contribution in [0, 0.1) is 5.92 Å². The Bertz CT molecular complexity index is 686. The van der Waals surface area contributed by atoms with Crippen molar-refractivity contribution in [1.82, 2.24) is 20.3 Å². The Labute approximate surface area is 159 Å². The summed E-state index contributed by atoms with van der Waals surface area (Å²) in [6.45, 7) is 0. The minimum Gasteiger partial charge on any atom is -0.385 e. The lowest BCUT2D eigenvalue weighted by Crippen LogP contribution is -2.49. The summed E-state index contributed by atoms with van der Waals surface area (Å²) in [7, 11) is 0. The fraction of sp³-hybridized carbons (Fsp3) is 0.550. The van der Waals surface area contributed by atoms with Gasteiger partial charge in [0.1, 0.15) is 6.10 Å². The first-order chi connectivity index (χ1) is 13.1. The number of amides is 1. The maximum atomic E-state index is 12.7. The molecule has 7 nitrogen and oxygen atoms in total. The normalized spacial score (nSPS) is 18.6. The SMILES string of the molecule is N[C@@H](Cc1c[nH]cn1)C(=O)N[C@H](CC1CCCCC1)[C@H](O)c1ccccn1. The first-order valence-corrected chi connectivity index (χ1v) is 9.76. The average Bonchev–Trinajstić information content (AvgIpc) is 3.21. The van der Waals surface area contributed by atoms with Crippen molar-refractivity contribution >= 4 is 5.91 Å². The van der Waals surface area contributed by atoms with Crippen LogP contribution in [0.1, 0.15) is 56.0 Å². The van der Waals surface area contributed by atoms with Crippen molar-refractivity contribution in [2.24, 2.45) is 11.7 Å². The third kappa shape index (κ3) is 5.61. The van der Waals surface area contributed by atoms with Crippen molar-refractivity contribution < 1.29 is 9.90 Å². The highest BCUT2D eigenvalue weighted by atomic mass is 16.3. The number of aromatic nitrogens is 3. The van der Waals surface area contributed by atoms with Crippen molar-refractivity contribution in [2.75, 3.05) is 0 Å². The summed E-state index contributed by atoms with van der Waals surface area (Å²) >= 11 is 0. The zero-order chi connectivity index (χ0) is 19.1. The highest BCUT2D eigenvalue weighted by Crippen LogP contribution is 2.30. The molecule has 0 aromatic carbocycles. The van der Waals surface area contributed by atoms with E-state index >= 15 is 0 Å². The Kier molecular flexibility index (Phi) is 6.95. The molecule has 0 aliphatic heterocycles. The molecule has 3 rings (SSSR count). The van der Waals surface area contributed by atoms with E-state index in [0.717, 1.165) is 25.0 Å². The van der Waals surface area contributed by atoms with Gasteiger partial charge in [-0.05, 0) is 24.5 Å². The topological polar surface area (TPSA) is 117 Å². The third-order valence-electron chi connectivity index (χ3n) is 5.33. The minimum absolute atomic E-state index is 0.270. The number of aliphatic hydroxyl groups is 1. The fourth-order valence-electron chi connectivity index (χ4n) is 3.82. The molecular formula is C20H29N5O2. The van der Waals surface area contributed by atoms with Crippen molar-refractivity contribution in [3.05, 3.63) is 48.3 Å². The van der Waals surface area contributed by atoms with Gasteiger partial charge >= 0.3 is 0 Å². The molecule has 146 valence electrons. The summed E-state index contributed by atoms with van der Waals surface area (Å²) in [6, 6.07) is 4.33. The molecule has 2 heterocycles. The number of H-pyrrole nitrogens is 1. The van der Waals surface area contributed by atoms with Gasteiger partial charge < -0.3 is 21.1 Å². The van der Waals surface area contributed by atoms with Gasteiger partial charge in [-0.1, -0.05) is 38.2 Å². The van der Waals surface area contributed by atoms with E-state index in [9.17, 15) is 9.90 Å². The van der Waals surface area contributed by atoms with E-state index in [1.165, 1.54) is 19.3 Å². The van der Waals surface area contributed by atoms with E-state index in [1.54, 1.807) is 24.8 Å². The van der Waals surface area contributed by atoms with Gasteiger partial charge in [-0.25, -0.2) is 4.98 Å². The molecule has 0 unspecified atom stereocenters. The maximum absolute atomic E-state index is 12.7. The van der Waals surface area contributed by atoms with Crippen LogP contribution < -0.4 is 11.1 Å². The Morgan fingerprint density at radius 2 is 2.11 bits per heavy atom. The number of aliphatic hydroxyl groups excluding tert-OH is 1. The van der Waals surface area contributed by atoms with Gasteiger partial charge in [-0.15, -0.1) is 0 Å². The number of rotatable bonds is 8. The molecule has 1 amide bonds. The standard InChI is InChI=1S/C20H29N5O2/c21-16(11-15-12-22-13-24-15)20(27)25-18(10-14-6-2-1-3-7-14)19(26)17-8-4-5-9-23-17/h4-5,8-9,12-14,16,18-19,26H,1-3,6-7,10-11,21H2,(H,22,24)(H,25,27)/t16-,18+,19+/m0/s1. The van der Waals surface area contributed by atoms with Gasteiger partial charge in [0, 0.05) is 18.8 Å². The molecule has 0 radical (unpaired) electrons. The van der Waals surface area contributed by atoms with Crippen molar-refractivity contribution in [2.45, 2.75) is 63.1 Å². The summed E-state index contributed by atoms with van der Waals surface area (Å²) in [6.07, 6.45) is 11.2. The zero-order valence-corrected chi connectivity index (χ0v) is 15.6. The second kappa shape index (κ2) is 9.62. The zero-order valence-electron chi connectivity index (χ0n) is 15.6. The Morgan fingerprint density at radius 1 is 1.30 bits per heavy atom. The van der Waals surface area contributed by atoms with Crippen LogP contribution in [-0.2, 0) is 11.2 Å². The first-order valence-electron chi connectivity index (χ1n) is 9.76. The number of nitrogens with zero attached hydrogens (tertiary/aromatic N) is 2. The maximum Gasteiger partial charge on any atom is 0.237 e. The molecule has 3 atom stereocenters. The van der Waals surface area contributed by atoms with Crippen molar-refractivity contribution in [3.63, 3.8) is 0 Å². The summed E-state index contributed by atoms with van der Waals surface area (Å²) < 4.78 is 0. The number of hydrogen-bond acceptors (Lipinski definition) is 5. The smallest absolute Gasteiger partial charge is 0.237 e. The van der Waals surface area contributed by atoms with E-state index < -0.39 is 18.2 Å². The molecule has 0 saturated heterocycles. The summed E-state index contributed by atoms with van der Waals surface area (Å²) in [5, 5.41) is 13.8. The number of hydrogen-bond donors (Lipinski definition) is 4. The number of aromatic amines is 1. The van der Waals surface area contributed by atoms with Gasteiger partial charge in [-0.3, -0.25) is 9.78 Å². The quantitative estimate of drug-likeness (QED) is 0.565. The van der Waals surface area contributed by atoms with Gasteiger partial charge in [0.05, 0.1) is 29.8 Å². The molecule has 2 aromatic rings. The van der Waals surface area contributed by atoms with Crippen LogP contribution in [0.2, 0.25) is 0 Å². The fourth-order valence-corrected chi connectivity index (χ4v) is 3.82. The largest absolute Gasteiger partial charge is 0.385 e. The average molecular weight is 371 g/mol. The molecule has 1 saturated carbocycles. The predicted octanol–water partition coefficient (Wildman–Crippen LogP) is 1.86. The Morgan fingerprint density at radius 3 is 2.78 bits per heavy atom. The third-order valence-corrected chi connectivity index (χ3v) is 5.33. The van der Waals surface area contributed by atoms with E-state index in [1.807, 2.05) is 12.1 Å². The number of pyridine rings is 1. The highest BCUT2D eigenvalue weighted by Gasteiger charge is 2.29. The van der Waals surface area contributed by atoms with Gasteiger partial charge in [0.25, 0.3) is 0 Å². The second-order valence-corrected chi connectivity index (χ2v) is 7.43. The van der Waals surface area contributed by atoms with Crippen LogP contribution in [0.5, 0.6) is 0 Å². The molecule has 0 spiro atoms. The molecule has 1 aliphatic rings. The van der Waals surface area contributed by atoms with E-state index in [4.69, 9.17) is 5.73 Å². The lowest BCUT2D eigenvalue weighted by Gasteiger charge is -2.30. The Hall–Kier alpha value is -2.25. The molecule has 0 bridgehead atoms. The molecule has 5 N–H and O–H groups in total. The van der Waals surface area contributed by atoms with Crippen LogP contribution >= 0.6 is 0 Å². The lowest BCUT2D eigenvalue weighted by atomic mass is 9.83. The van der Waals surface area contributed by atoms with E-state index in [2.05, 4.69) is 20.3 Å². The molecular weight excluding hydrogens is 342 g/mol. The van der Waals surface area contributed by atoms with Gasteiger partial charge in [-0.2, -0.15) is 0 Å². The molecule has 27 heavy (non-hydrogen) atoms. The van der Waals surface area contributed by atoms with Crippen LogP contribution in [0.3, 0.4) is 0 Å². The highest BCUT2D eigenvalue weighted by molar-refractivity contribution is 5.82. The number of imidazole rings is 1. The first kappa shape index (κ1) is 19.5. The van der Waals surface area contributed by atoms with E-state index in [0.29, 0.717) is 18.0 Å². The number of carbonyl (C=O) groups is 1. The van der Waals surface area contributed by atoms with Crippen molar-refractivity contribution in [3.8, 4) is 0 Å². The predicted molar refractivity (Wildman–Crippen MR) is 103 cm³/mol. The molecule has 7 heteroatoms. The monoisotopic (exact) mass is 371 g/mol. The molecule has 2 aromatic heterocycles. The molecule has 1 fully saturated rings. The van der Waals surface area contributed by atoms with Gasteiger partial charge in [0.15, 0.2) is 0 Å². The summed E-state index contributed by atoms with van der Waals surface area (Å²) in [5.74, 6) is 0.235. The minimum atomic E-state index is -0.852. The van der Waals surface area contributed by atoms with Crippen molar-refractivity contribution in [1.29, 1.82) is 0 Å². The molecule has 1 aliphatic carbocycles. The van der Waals surface area contributed by atoms with Crippen LogP contribution in [-0.4, -0.2) is 38.0 Å². The Balaban J connectivity index is 1.67. The van der Waals surface area contributed by atoms with Crippen LogP contribution in [0.15, 0.2) is 36.9 Å². The second-order valence-electron chi connectivity index (χ2n) is 7.43. The summed E-state index contributed by atoms with van der Waals surface area (Å²) in [4.78, 5) is 23.9. The van der Waals surface area contributed by atoms with Gasteiger partial charge in [0.2, 0.25) is 5.91 Å². The number of nitrogens with two attached hydrogens (primary N) is 1. The summed E-state index contributed by atoms with van der Waals surface area (Å²) in [5.41, 5.74) is 7.38. The number of carbonyl (C=O) groups excluding carboxylic acids is 1. The van der Waals surface area contributed by atoms with Crippen LogP contribution in [0.25, 0.3) is 0 Å². The number of nitrogens with one attached hydrogen (secondary N) is 2. The lowest BCUT2D eigenvalue weighted by molar-refractivity contribution is -0.124. The van der Waals surface area contributed by atoms with E-state index in [-0.39, 0.29) is 5.91 Å².